The number of thiazole rings is 1. The van der Waals surface area contributed by atoms with Crippen molar-refractivity contribution in [2.45, 2.75) is 44.9 Å². The van der Waals surface area contributed by atoms with Gasteiger partial charge in [0.15, 0.2) is 10.9 Å². The number of amides is 2. The molecule has 0 bridgehead atoms. The lowest BCUT2D eigenvalue weighted by atomic mass is 10.0. The minimum atomic E-state index is -4.60. The van der Waals surface area contributed by atoms with Gasteiger partial charge in [-0.2, -0.15) is 13.2 Å². The van der Waals surface area contributed by atoms with Gasteiger partial charge in [-0.25, -0.2) is 15.0 Å². The van der Waals surface area contributed by atoms with Crippen molar-refractivity contribution >= 4 is 44.2 Å². The molecule has 0 unspecified atom stereocenters. The first-order chi connectivity index (χ1) is 18.6. The molecular formula is C26H23F3N6O3S. The highest BCUT2D eigenvalue weighted by molar-refractivity contribution is 7.22. The van der Waals surface area contributed by atoms with Crippen molar-refractivity contribution in [3.8, 4) is 22.9 Å². The Labute approximate surface area is 224 Å². The highest BCUT2D eigenvalue weighted by atomic mass is 32.1. The van der Waals surface area contributed by atoms with Crippen LogP contribution in [-0.2, 0) is 15.8 Å². The predicted molar refractivity (Wildman–Crippen MR) is 141 cm³/mol. The van der Waals surface area contributed by atoms with E-state index in [1.54, 1.807) is 12.1 Å². The number of carbonyl (C=O) groups excluding carboxylic acids is 2. The van der Waals surface area contributed by atoms with Crippen LogP contribution in [0.4, 0.5) is 24.0 Å². The zero-order valence-corrected chi connectivity index (χ0v) is 21.6. The van der Waals surface area contributed by atoms with Gasteiger partial charge in [0, 0.05) is 24.6 Å². The average Bonchev–Trinajstić information content (AvgIpc) is 3.49. The van der Waals surface area contributed by atoms with Crippen molar-refractivity contribution in [1.29, 1.82) is 0 Å². The van der Waals surface area contributed by atoms with Gasteiger partial charge in [0.2, 0.25) is 17.7 Å². The molecular weight excluding hydrogens is 533 g/mol. The van der Waals surface area contributed by atoms with E-state index in [2.05, 4.69) is 30.9 Å². The first-order valence-electron chi connectivity index (χ1n) is 12.0. The maximum atomic E-state index is 13.5. The van der Waals surface area contributed by atoms with Crippen molar-refractivity contribution in [3.63, 3.8) is 0 Å². The van der Waals surface area contributed by atoms with Crippen molar-refractivity contribution in [2.24, 2.45) is 0 Å². The molecule has 1 aliphatic rings. The standard InChI is InChI=1S/C26H23F3N6O3S/c1-13-6-9-17(32-13)24(37)34-19-10-15(26(27,28)29)7-8-16(19)18-11-22(31-12-30-18)38-20-4-3-5-21-23(20)35-25(39-21)33-14(2)36/h3-5,7-8,10-13,17,32H,6,9H2,1-2H3,(H,34,37)(H,33,35,36)/t13-,17+/m1/s1. The summed E-state index contributed by atoms with van der Waals surface area (Å²) in [4.78, 5) is 37.0. The first kappa shape index (κ1) is 26.5. The maximum absolute atomic E-state index is 13.5. The fraction of sp³-hybridized carbons (Fsp3) is 0.269. The number of benzene rings is 2. The van der Waals surface area contributed by atoms with Crippen LogP contribution in [0.1, 0.15) is 32.3 Å². The topological polar surface area (TPSA) is 118 Å². The summed E-state index contributed by atoms with van der Waals surface area (Å²) in [6.07, 6.45) is -2.00. The number of para-hydroxylation sites is 1. The van der Waals surface area contributed by atoms with Crippen LogP contribution in [0.3, 0.4) is 0 Å². The summed E-state index contributed by atoms with van der Waals surface area (Å²) in [6.45, 7) is 3.33. The first-order valence-corrected chi connectivity index (χ1v) is 12.8. The molecule has 0 saturated carbocycles. The van der Waals surface area contributed by atoms with E-state index in [4.69, 9.17) is 4.74 Å². The molecule has 2 atom stereocenters. The smallest absolute Gasteiger partial charge is 0.416 e. The third kappa shape index (κ3) is 5.99. The Bertz CT molecular complexity index is 1560. The summed E-state index contributed by atoms with van der Waals surface area (Å²) >= 11 is 1.28. The van der Waals surface area contributed by atoms with Gasteiger partial charge < -0.3 is 20.7 Å². The molecule has 1 aliphatic heterocycles. The van der Waals surface area contributed by atoms with E-state index in [0.29, 0.717) is 22.8 Å². The van der Waals surface area contributed by atoms with E-state index in [0.717, 1.165) is 23.3 Å². The lowest BCUT2D eigenvalue weighted by molar-refractivity contribution is -0.137. The molecule has 202 valence electrons. The van der Waals surface area contributed by atoms with Crippen LogP contribution < -0.4 is 20.7 Å². The van der Waals surface area contributed by atoms with Crippen LogP contribution in [0.25, 0.3) is 21.5 Å². The monoisotopic (exact) mass is 556 g/mol. The number of nitrogens with zero attached hydrogens (tertiary/aromatic N) is 3. The normalized spacial score (nSPS) is 17.3. The number of fused-ring (bicyclic) bond motifs is 1. The number of alkyl halides is 3. The molecule has 5 rings (SSSR count). The number of carbonyl (C=O) groups is 2. The summed E-state index contributed by atoms with van der Waals surface area (Å²) in [5, 5.41) is 8.84. The molecule has 0 radical (unpaired) electrons. The number of ether oxygens (including phenoxy) is 1. The predicted octanol–water partition coefficient (Wildman–Crippen LogP) is 5.60. The molecule has 3 heterocycles. The second-order valence-electron chi connectivity index (χ2n) is 9.09. The third-order valence-corrected chi connectivity index (χ3v) is 7.03. The fourth-order valence-electron chi connectivity index (χ4n) is 4.27. The number of nitrogens with one attached hydrogen (secondary N) is 3. The van der Waals surface area contributed by atoms with E-state index in [-0.39, 0.29) is 34.8 Å². The van der Waals surface area contributed by atoms with Crippen molar-refractivity contribution in [2.75, 3.05) is 10.6 Å². The molecule has 1 fully saturated rings. The SMILES string of the molecule is CC(=O)Nc1nc2c(Oc3cc(-c4ccc(C(F)(F)F)cc4NC(=O)[C@@H]4CC[C@@H](C)N4)ncn3)cccc2s1. The molecule has 2 aromatic carbocycles. The van der Waals surface area contributed by atoms with Gasteiger partial charge in [-0.15, -0.1) is 0 Å². The number of rotatable bonds is 6. The third-order valence-electron chi connectivity index (χ3n) is 6.09. The lowest BCUT2D eigenvalue weighted by Gasteiger charge is -2.17. The quantitative estimate of drug-likeness (QED) is 0.283. The van der Waals surface area contributed by atoms with E-state index < -0.39 is 23.7 Å². The number of hydrogen-bond acceptors (Lipinski definition) is 8. The van der Waals surface area contributed by atoms with Crippen LogP contribution in [0, 0.1) is 0 Å². The minimum absolute atomic E-state index is 0.0256. The molecule has 0 aliphatic carbocycles. The fourth-order valence-corrected chi connectivity index (χ4v) is 5.20. The minimum Gasteiger partial charge on any atom is -0.437 e. The van der Waals surface area contributed by atoms with Crippen molar-refractivity contribution in [3.05, 3.63) is 54.4 Å². The second-order valence-corrected chi connectivity index (χ2v) is 10.1. The Morgan fingerprint density at radius 1 is 1.10 bits per heavy atom. The number of halogens is 3. The molecule has 1 saturated heterocycles. The highest BCUT2D eigenvalue weighted by Gasteiger charge is 2.32. The Morgan fingerprint density at radius 3 is 2.64 bits per heavy atom. The van der Waals surface area contributed by atoms with E-state index in [1.807, 2.05) is 13.0 Å². The van der Waals surface area contributed by atoms with Crippen LogP contribution in [0.15, 0.2) is 48.8 Å². The van der Waals surface area contributed by atoms with Gasteiger partial charge in [-0.05, 0) is 44.0 Å². The van der Waals surface area contributed by atoms with Gasteiger partial charge in [0.25, 0.3) is 0 Å². The van der Waals surface area contributed by atoms with Crippen LogP contribution in [-0.4, -0.2) is 38.8 Å². The number of aromatic nitrogens is 3. The van der Waals surface area contributed by atoms with E-state index in [9.17, 15) is 22.8 Å². The highest BCUT2D eigenvalue weighted by Crippen LogP contribution is 2.38. The van der Waals surface area contributed by atoms with Crippen molar-refractivity contribution < 1.29 is 27.5 Å². The molecule has 2 amide bonds. The zero-order valence-electron chi connectivity index (χ0n) is 20.8. The molecule has 4 aromatic rings. The Balaban J connectivity index is 1.47. The summed E-state index contributed by atoms with van der Waals surface area (Å²) in [6, 6.07) is 9.46. The van der Waals surface area contributed by atoms with Gasteiger partial charge >= 0.3 is 6.18 Å². The second kappa shape index (κ2) is 10.6. The zero-order chi connectivity index (χ0) is 27.7. The van der Waals surface area contributed by atoms with Crippen LogP contribution in [0.2, 0.25) is 0 Å². The summed E-state index contributed by atoms with van der Waals surface area (Å²) in [5.41, 5.74) is 0.107. The molecule has 2 aromatic heterocycles. The van der Waals surface area contributed by atoms with Crippen molar-refractivity contribution in [1.82, 2.24) is 20.3 Å². The number of hydrogen-bond donors (Lipinski definition) is 3. The molecule has 39 heavy (non-hydrogen) atoms. The summed E-state index contributed by atoms with van der Waals surface area (Å²) in [5.74, 6) is -0.192. The summed E-state index contributed by atoms with van der Waals surface area (Å²) in [7, 11) is 0. The number of anilines is 2. The maximum Gasteiger partial charge on any atom is 0.416 e. The average molecular weight is 557 g/mol. The largest absolute Gasteiger partial charge is 0.437 e. The van der Waals surface area contributed by atoms with Gasteiger partial charge in [-0.3, -0.25) is 9.59 Å². The Hall–Kier alpha value is -4.10. The van der Waals surface area contributed by atoms with E-state index in [1.165, 1.54) is 36.7 Å². The van der Waals surface area contributed by atoms with E-state index >= 15 is 0 Å². The van der Waals surface area contributed by atoms with Crippen LogP contribution in [0.5, 0.6) is 11.6 Å². The van der Waals surface area contributed by atoms with Gasteiger partial charge in [0.05, 0.1) is 27.7 Å². The van der Waals surface area contributed by atoms with Gasteiger partial charge in [-0.1, -0.05) is 23.5 Å². The van der Waals surface area contributed by atoms with Crippen LogP contribution >= 0.6 is 11.3 Å². The summed E-state index contributed by atoms with van der Waals surface area (Å²) < 4.78 is 47.2. The molecule has 0 spiro atoms. The Kier molecular flexibility index (Phi) is 7.19. The lowest BCUT2D eigenvalue weighted by Crippen LogP contribution is -2.38. The molecule has 3 N–H and O–H groups in total. The molecule has 13 heteroatoms. The Morgan fingerprint density at radius 2 is 1.92 bits per heavy atom. The van der Waals surface area contributed by atoms with Gasteiger partial charge in [0.1, 0.15) is 11.8 Å². The molecule has 9 nitrogen and oxygen atoms in total.